The minimum absolute atomic E-state index is 0.186. The van der Waals surface area contributed by atoms with E-state index in [0.717, 1.165) is 26.9 Å². The highest BCUT2D eigenvalue weighted by Gasteiger charge is 2.33. The van der Waals surface area contributed by atoms with E-state index in [4.69, 9.17) is 0 Å². The predicted octanol–water partition coefficient (Wildman–Crippen LogP) is 5.10. The van der Waals surface area contributed by atoms with Gasteiger partial charge in [0.05, 0.1) is 6.54 Å². The standard InChI is InChI=1S/C21H18F3N3O2S2/c22-21(23,24)12-27-8-7-14-16-9-13(5-6-17(16)25-18(14)10-27)26-31(28,29)20-11-30-19-4-2-1-3-15(19)20/h1-6,9,11,25-26H,7-8,10,12H2. The summed E-state index contributed by atoms with van der Waals surface area (Å²) in [5.74, 6) is 0. The molecule has 162 valence electrons. The van der Waals surface area contributed by atoms with Crippen molar-refractivity contribution >= 4 is 48.0 Å². The smallest absolute Gasteiger partial charge is 0.357 e. The first kappa shape index (κ1) is 20.3. The number of hydrogen-bond donors (Lipinski definition) is 2. The van der Waals surface area contributed by atoms with Crippen molar-refractivity contribution < 1.29 is 21.6 Å². The van der Waals surface area contributed by atoms with Crippen molar-refractivity contribution in [3.8, 4) is 0 Å². The number of aromatic amines is 1. The van der Waals surface area contributed by atoms with E-state index in [1.54, 1.807) is 35.7 Å². The molecule has 0 saturated carbocycles. The molecule has 0 spiro atoms. The van der Waals surface area contributed by atoms with Crippen LogP contribution in [0.3, 0.4) is 0 Å². The highest BCUT2D eigenvalue weighted by molar-refractivity contribution is 7.93. The van der Waals surface area contributed by atoms with E-state index in [1.807, 2.05) is 12.1 Å². The molecule has 2 aromatic heterocycles. The molecule has 0 bridgehead atoms. The Balaban J connectivity index is 1.44. The number of anilines is 1. The van der Waals surface area contributed by atoms with Gasteiger partial charge in [0.2, 0.25) is 0 Å². The number of thiophene rings is 1. The highest BCUT2D eigenvalue weighted by Crippen LogP contribution is 2.33. The van der Waals surface area contributed by atoms with Gasteiger partial charge in [0.25, 0.3) is 10.0 Å². The zero-order chi connectivity index (χ0) is 21.8. The summed E-state index contributed by atoms with van der Waals surface area (Å²) in [7, 11) is -3.78. The minimum Gasteiger partial charge on any atom is -0.357 e. The van der Waals surface area contributed by atoms with Crippen molar-refractivity contribution in [3.63, 3.8) is 0 Å². The SMILES string of the molecule is O=S(=O)(Nc1ccc2[nH]c3c(c2c1)CCN(CC(F)(F)F)C3)c1csc2ccccc12. The van der Waals surface area contributed by atoms with Crippen LogP contribution in [0.15, 0.2) is 52.7 Å². The van der Waals surface area contributed by atoms with E-state index >= 15 is 0 Å². The van der Waals surface area contributed by atoms with Crippen molar-refractivity contribution in [2.24, 2.45) is 0 Å². The first-order valence-electron chi connectivity index (χ1n) is 9.61. The Kier molecular flexibility index (Phi) is 4.76. The Morgan fingerprint density at radius 2 is 1.94 bits per heavy atom. The second kappa shape index (κ2) is 7.25. The molecule has 0 atom stereocenters. The fourth-order valence-corrected chi connectivity index (χ4v) is 6.67. The predicted molar refractivity (Wildman–Crippen MR) is 116 cm³/mol. The molecule has 0 fully saturated rings. The molecular formula is C21H18F3N3O2S2. The lowest BCUT2D eigenvalue weighted by molar-refractivity contribution is -0.147. The van der Waals surface area contributed by atoms with Crippen molar-refractivity contribution in [1.29, 1.82) is 0 Å². The van der Waals surface area contributed by atoms with Gasteiger partial charge in [-0.1, -0.05) is 18.2 Å². The molecule has 1 aliphatic rings. The van der Waals surface area contributed by atoms with Gasteiger partial charge in [-0.3, -0.25) is 9.62 Å². The summed E-state index contributed by atoms with van der Waals surface area (Å²) >= 11 is 1.37. The van der Waals surface area contributed by atoms with Gasteiger partial charge in [-0.15, -0.1) is 11.3 Å². The second-order valence-corrected chi connectivity index (χ2v) is 10.2. The van der Waals surface area contributed by atoms with Gasteiger partial charge < -0.3 is 4.98 Å². The normalized spacial score (nSPS) is 15.5. The molecule has 5 rings (SSSR count). The number of hydrogen-bond acceptors (Lipinski definition) is 4. The van der Waals surface area contributed by atoms with Crippen LogP contribution >= 0.6 is 11.3 Å². The molecule has 2 N–H and O–H groups in total. The summed E-state index contributed by atoms with van der Waals surface area (Å²) in [4.78, 5) is 4.78. The number of rotatable bonds is 4. The topological polar surface area (TPSA) is 65.2 Å². The number of H-pyrrole nitrogens is 1. The average molecular weight is 466 g/mol. The van der Waals surface area contributed by atoms with E-state index in [0.29, 0.717) is 24.0 Å². The van der Waals surface area contributed by atoms with Crippen LogP contribution in [0.25, 0.3) is 21.0 Å². The maximum absolute atomic E-state index is 13.0. The molecule has 1 aliphatic heterocycles. The summed E-state index contributed by atoms with van der Waals surface area (Å²) in [6.07, 6.45) is -3.77. The molecule has 0 saturated heterocycles. The number of nitrogens with zero attached hydrogens (tertiary/aromatic N) is 1. The van der Waals surface area contributed by atoms with Gasteiger partial charge >= 0.3 is 6.18 Å². The average Bonchev–Trinajstić information content (AvgIpc) is 3.27. The lowest BCUT2D eigenvalue weighted by Gasteiger charge is -2.27. The molecule has 2 aromatic carbocycles. The van der Waals surface area contributed by atoms with Crippen LogP contribution in [-0.4, -0.2) is 37.6 Å². The van der Waals surface area contributed by atoms with Crippen LogP contribution in [0.4, 0.5) is 18.9 Å². The third-order valence-electron chi connectivity index (χ3n) is 5.44. The van der Waals surface area contributed by atoms with Crippen LogP contribution < -0.4 is 4.72 Å². The van der Waals surface area contributed by atoms with E-state index in [9.17, 15) is 21.6 Å². The lowest BCUT2D eigenvalue weighted by Crippen LogP contribution is -2.37. The molecule has 5 nitrogen and oxygen atoms in total. The van der Waals surface area contributed by atoms with E-state index in [-0.39, 0.29) is 11.4 Å². The number of benzene rings is 2. The first-order valence-corrected chi connectivity index (χ1v) is 12.0. The van der Waals surface area contributed by atoms with Crippen molar-refractivity contribution in [3.05, 3.63) is 59.1 Å². The van der Waals surface area contributed by atoms with Gasteiger partial charge in [0.15, 0.2) is 0 Å². The quantitative estimate of drug-likeness (QED) is 0.441. The van der Waals surface area contributed by atoms with Gasteiger partial charge in [0, 0.05) is 50.8 Å². The summed E-state index contributed by atoms with van der Waals surface area (Å²) in [6, 6.07) is 12.5. The van der Waals surface area contributed by atoms with Crippen molar-refractivity contribution in [2.75, 3.05) is 17.8 Å². The summed E-state index contributed by atoms with van der Waals surface area (Å²) in [5.41, 5.74) is 2.88. The first-order chi connectivity index (χ1) is 14.7. The van der Waals surface area contributed by atoms with Gasteiger partial charge in [0.1, 0.15) is 4.90 Å². The molecule has 10 heteroatoms. The number of alkyl halides is 3. The van der Waals surface area contributed by atoms with E-state index in [1.165, 1.54) is 16.2 Å². The highest BCUT2D eigenvalue weighted by atomic mass is 32.2. The third kappa shape index (κ3) is 3.90. The molecule has 0 amide bonds. The van der Waals surface area contributed by atoms with Crippen LogP contribution in [0.5, 0.6) is 0 Å². The van der Waals surface area contributed by atoms with Crippen molar-refractivity contribution in [2.45, 2.75) is 24.0 Å². The van der Waals surface area contributed by atoms with Gasteiger partial charge in [-0.05, 0) is 36.2 Å². The minimum atomic E-state index is -4.24. The maximum Gasteiger partial charge on any atom is 0.401 e. The maximum atomic E-state index is 13.0. The Hall–Kier alpha value is -2.56. The van der Waals surface area contributed by atoms with Crippen LogP contribution in [-0.2, 0) is 23.0 Å². The zero-order valence-electron chi connectivity index (χ0n) is 16.2. The van der Waals surface area contributed by atoms with E-state index in [2.05, 4.69) is 9.71 Å². The lowest BCUT2D eigenvalue weighted by atomic mass is 10.0. The Labute approximate surface area is 180 Å². The number of fused-ring (bicyclic) bond motifs is 4. The molecule has 0 radical (unpaired) electrons. The molecule has 4 aromatic rings. The number of sulfonamides is 1. The fraction of sp³-hybridized carbons (Fsp3) is 0.238. The molecule has 0 aliphatic carbocycles. The van der Waals surface area contributed by atoms with Crippen molar-refractivity contribution in [1.82, 2.24) is 9.88 Å². The van der Waals surface area contributed by atoms with E-state index < -0.39 is 22.7 Å². The largest absolute Gasteiger partial charge is 0.401 e. The Morgan fingerprint density at radius 3 is 2.74 bits per heavy atom. The number of nitrogens with one attached hydrogen (secondary N) is 2. The molecule has 0 unspecified atom stereocenters. The monoisotopic (exact) mass is 465 g/mol. The molecular weight excluding hydrogens is 447 g/mol. The molecule has 31 heavy (non-hydrogen) atoms. The fourth-order valence-electron chi connectivity index (χ4n) is 4.12. The third-order valence-corrected chi connectivity index (χ3v) is 7.98. The Bertz CT molecular complexity index is 1390. The number of aromatic nitrogens is 1. The van der Waals surface area contributed by atoms with Gasteiger partial charge in [-0.2, -0.15) is 13.2 Å². The van der Waals surface area contributed by atoms with Crippen LogP contribution in [0, 0.1) is 0 Å². The Morgan fingerprint density at radius 1 is 1.13 bits per heavy atom. The van der Waals surface area contributed by atoms with Crippen LogP contribution in [0.2, 0.25) is 0 Å². The number of halogens is 3. The van der Waals surface area contributed by atoms with Gasteiger partial charge in [-0.25, -0.2) is 8.42 Å². The summed E-state index contributed by atoms with van der Waals surface area (Å²) in [6.45, 7) is -0.455. The second-order valence-electron chi connectivity index (χ2n) is 7.62. The molecule has 3 heterocycles. The van der Waals surface area contributed by atoms with Crippen LogP contribution in [0.1, 0.15) is 11.3 Å². The summed E-state index contributed by atoms with van der Waals surface area (Å²) < 4.78 is 67.7. The zero-order valence-corrected chi connectivity index (χ0v) is 17.8. The summed E-state index contributed by atoms with van der Waals surface area (Å²) in [5, 5.41) is 3.13.